The Morgan fingerprint density at radius 2 is 1.65 bits per heavy atom. The standard InChI is InChI=1S/C19H13F2NO/c20-16-6-3-4-12(19(16)21)11-22-13-8-9-18-15(10-13)14-5-1-2-7-17(14)23-18/h1-10,22H,11H2. The van der Waals surface area contributed by atoms with Gasteiger partial charge in [-0.15, -0.1) is 0 Å². The molecule has 23 heavy (non-hydrogen) atoms. The molecule has 2 nitrogen and oxygen atoms in total. The van der Waals surface area contributed by atoms with Crippen LogP contribution in [-0.4, -0.2) is 0 Å². The molecule has 4 heteroatoms. The molecule has 1 aromatic heterocycles. The van der Waals surface area contributed by atoms with Crippen molar-refractivity contribution in [3.63, 3.8) is 0 Å². The highest BCUT2D eigenvalue weighted by Crippen LogP contribution is 2.30. The van der Waals surface area contributed by atoms with Gasteiger partial charge in [-0.1, -0.05) is 30.3 Å². The zero-order valence-corrected chi connectivity index (χ0v) is 12.1. The van der Waals surface area contributed by atoms with Crippen LogP contribution in [-0.2, 0) is 6.54 Å². The highest BCUT2D eigenvalue weighted by molar-refractivity contribution is 6.05. The fourth-order valence-corrected chi connectivity index (χ4v) is 2.72. The van der Waals surface area contributed by atoms with Gasteiger partial charge in [0.2, 0.25) is 0 Å². The maximum absolute atomic E-state index is 13.7. The Bertz CT molecular complexity index is 1010. The van der Waals surface area contributed by atoms with Crippen LogP contribution in [0.5, 0.6) is 0 Å². The lowest BCUT2D eigenvalue weighted by atomic mass is 10.1. The van der Waals surface area contributed by atoms with E-state index in [2.05, 4.69) is 5.32 Å². The van der Waals surface area contributed by atoms with Gasteiger partial charge in [0.25, 0.3) is 0 Å². The number of nitrogens with one attached hydrogen (secondary N) is 1. The van der Waals surface area contributed by atoms with Gasteiger partial charge < -0.3 is 9.73 Å². The smallest absolute Gasteiger partial charge is 0.163 e. The van der Waals surface area contributed by atoms with Gasteiger partial charge in [-0.25, -0.2) is 8.78 Å². The van der Waals surface area contributed by atoms with Gasteiger partial charge in [0.15, 0.2) is 11.6 Å². The zero-order chi connectivity index (χ0) is 15.8. The van der Waals surface area contributed by atoms with Crippen molar-refractivity contribution in [2.45, 2.75) is 6.54 Å². The molecule has 0 unspecified atom stereocenters. The number of hydrogen-bond donors (Lipinski definition) is 1. The summed E-state index contributed by atoms with van der Waals surface area (Å²) in [6.45, 7) is 0.213. The highest BCUT2D eigenvalue weighted by Gasteiger charge is 2.09. The molecular formula is C19H13F2NO. The first-order valence-corrected chi connectivity index (χ1v) is 7.30. The van der Waals surface area contributed by atoms with Crippen molar-refractivity contribution in [2.24, 2.45) is 0 Å². The van der Waals surface area contributed by atoms with Gasteiger partial charge in [0, 0.05) is 28.6 Å². The summed E-state index contributed by atoms with van der Waals surface area (Å²) in [5.41, 5.74) is 2.75. The van der Waals surface area contributed by atoms with Gasteiger partial charge in [-0.2, -0.15) is 0 Å². The minimum Gasteiger partial charge on any atom is -0.456 e. The van der Waals surface area contributed by atoms with Crippen molar-refractivity contribution in [1.82, 2.24) is 0 Å². The van der Waals surface area contributed by atoms with Crippen LogP contribution < -0.4 is 5.32 Å². The number of hydrogen-bond acceptors (Lipinski definition) is 2. The Labute approximate surface area is 131 Å². The lowest BCUT2D eigenvalue weighted by Crippen LogP contribution is -2.03. The second-order valence-electron chi connectivity index (χ2n) is 5.38. The number of furan rings is 1. The molecular weight excluding hydrogens is 296 g/mol. The third kappa shape index (κ3) is 2.42. The first-order chi connectivity index (χ1) is 11.2. The molecule has 0 aliphatic rings. The number of benzene rings is 3. The molecule has 1 heterocycles. The molecule has 0 bridgehead atoms. The van der Waals surface area contributed by atoms with Gasteiger partial charge >= 0.3 is 0 Å². The fraction of sp³-hybridized carbons (Fsp3) is 0.0526. The van der Waals surface area contributed by atoms with E-state index in [1.54, 1.807) is 6.07 Å². The minimum absolute atomic E-state index is 0.213. The summed E-state index contributed by atoms with van der Waals surface area (Å²) >= 11 is 0. The lowest BCUT2D eigenvalue weighted by molar-refractivity contribution is 0.500. The number of anilines is 1. The third-order valence-corrected chi connectivity index (χ3v) is 3.89. The zero-order valence-electron chi connectivity index (χ0n) is 12.1. The molecule has 0 radical (unpaired) electrons. The summed E-state index contributed by atoms with van der Waals surface area (Å²) in [5, 5.41) is 5.15. The quantitative estimate of drug-likeness (QED) is 0.542. The molecule has 0 fully saturated rings. The molecule has 1 N–H and O–H groups in total. The summed E-state index contributed by atoms with van der Waals surface area (Å²) in [7, 11) is 0. The number of fused-ring (bicyclic) bond motifs is 3. The lowest BCUT2D eigenvalue weighted by Gasteiger charge is -2.08. The predicted octanol–water partition coefficient (Wildman–Crippen LogP) is 5.48. The summed E-state index contributed by atoms with van der Waals surface area (Å²) < 4.78 is 32.7. The van der Waals surface area contributed by atoms with E-state index in [0.29, 0.717) is 5.56 Å². The highest BCUT2D eigenvalue weighted by atomic mass is 19.2. The molecule has 0 saturated heterocycles. The molecule has 3 aromatic carbocycles. The predicted molar refractivity (Wildman–Crippen MR) is 87.4 cm³/mol. The molecule has 0 atom stereocenters. The van der Waals surface area contributed by atoms with E-state index in [0.717, 1.165) is 33.7 Å². The van der Waals surface area contributed by atoms with Gasteiger partial charge in [0.1, 0.15) is 11.2 Å². The van der Waals surface area contributed by atoms with Crippen LogP contribution in [0.4, 0.5) is 14.5 Å². The van der Waals surface area contributed by atoms with E-state index in [9.17, 15) is 8.78 Å². The second-order valence-corrected chi connectivity index (χ2v) is 5.38. The monoisotopic (exact) mass is 309 g/mol. The third-order valence-electron chi connectivity index (χ3n) is 3.89. The Balaban J connectivity index is 1.66. The van der Waals surface area contributed by atoms with Crippen molar-refractivity contribution < 1.29 is 13.2 Å². The van der Waals surface area contributed by atoms with Crippen LogP contribution >= 0.6 is 0 Å². The first-order valence-electron chi connectivity index (χ1n) is 7.30. The van der Waals surface area contributed by atoms with Gasteiger partial charge in [0.05, 0.1) is 0 Å². The topological polar surface area (TPSA) is 25.2 Å². The first kappa shape index (κ1) is 13.8. The van der Waals surface area contributed by atoms with E-state index >= 15 is 0 Å². The van der Waals surface area contributed by atoms with Gasteiger partial charge in [-0.3, -0.25) is 0 Å². The van der Waals surface area contributed by atoms with E-state index in [1.165, 1.54) is 6.07 Å². The Kier molecular flexibility index (Phi) is 3.23. The van der Waals surface area contributed by atoms with Crippen LogP contribution in [0, 0.1) is 11.6 Å². The average Bonchev–Trinajstić information content (AvgIpc) is 2.94. The minimum atomic E-state index is -0.833. The maximum Gasteiger partial charge on any atom is 0.163 e. The molecule has 4 aromatic rings. The number of para-hydroxylation sites is 1. The Hall–Kier alpha value is -2.88. The van der Waals surface area contributed by atoms with Gasteiger partial charge in [-0.05, 0) is 30.3 Å². The fourth-order valence-electron chi connectivity index (χ4n) is 2.72. The van der Waals surface area contributed by atoms with E-state index in [1.807, 2.05) is 42.5 Å². The SMILES string of the molecule is Fc1cccc(CNc2ccc3oc4ccccc4c3c2)c1F. The molecule has 114 valence electrons. The normalized spacial score (nSPS) is 11.2. The van der Waals surface area contributed by atoms with Crippen molar-refractivity contribution in [3.05, 3.63) is 77.9 Å². The summed E-state index contributed by atoms with van der Waals surface area (Å²) in [6.07, 6.45) is 0. The van der Waals surface area contributed by atoms with Crippen molar-refractivity contribution in [2.75, 3.05) is 5.32 Å². The second kappa shape index (κ2) is 5.39. The van der Waals surface area contributed by atoms with E-state index in [4.69, 9.17) is 4.42 Å². The van der Waals surface area contributed by atoms with Crippen LogP contribution in [0.3, 0.4) is 0 Å². The Morgan fingerprint density at radius 3 is 2.57 bits per heavy atom. The molecule has 0 aliphatic heterocycles. The van der Waals surface area contributed by atoms with Crippen LogP contribution in [0.25, 0.3) is 21.9 Å². The van der Waals surface area contributed by atoms with E-state index in [-0.39, 0.29) is 6.54 Å². The number of halogens is 2. The molecule has 0 saturated carbocycles. The van der Waals surface area contributed by atoms with Crippen LogP contribution in [0.2, 0.25) is 0 Å². The summed E-state index contributed by atoms with van der Waals surface area (Å²) in [5.74, 6) is -1.64. The molecule has 0 aliphatic carbocycles. The number of rotatable bonds is 3. The van der Waals surface area contributed by atoms with Crippen molar-refractivity contribution >= 4 is 27.6 Å². The van der Waals surface area contributed by atoms with E-state index < -0.39 is 11.6 Å². The maximum atomic E-state index is 13.7. The van der Waals surface area contributed by atoms with Crippen LogP contribution in [0.1, 0.15) is 5.56 Å². The van der Waals surface area contributed by atoms with Crippen molar-refractivity contribution in [3.8, 4) is 0 Å². The molecule has 4 rings (SSSR count). The largest absolute Gasteiger partial charge is 0.456 e. The molecule has 0 spiro atoms. The van der Waals surface area contributed by atoms with Crippen LogP contribution in [0.15, 0.2) is 65.1 Å². The Morgan fingerprint density at radius 1 is 0.826 bits per heavy atom. The summed E-state index contributed by atoms with van der Waals surface area (Å²) in [6, 6.07) is 17.7. The van der Waals surface area contributed by atoms with Crippen molar-refractivity contribution in [1.29, 1.82) is 0 Å². The summed E-state index contributed by atoms with van der Waals surface area (Å²) in [4.78, 5) is 0. The molecule has 0 amide bonds. The average molecular weight is 309 g/mol.